The summed E-state index contributed by atoms with van der Waals surface area (Å²) in [5, 5.41) is 46.2. The molecule has 0 fully saturated rings. The van der Waals surface area contributed by atoms with Crippen LogP contribution in [-0.2, 0) is 33.3 Å². The molecule has 0 amide bonds. The molecule has 18 heteroatoms. The molecule has 0 heterocycles. The Hall–Kier alpha value is -1.43. The Morgan fingerprint density at radius 2 is 0.630 bits per heavy atom. The molecule has 0 aromatic heterocycles. The number of hydrogen-bond acceptors (Lipinski definition) is 8. The van der Waals surface area contributed by atoms with Crippen LogP contribution in [0, 0.1) is 0 Å². The molecule has 0 aromatic rings. The fourth-order valence-electron chi connectivity index (χ4n) is 0.388. The Kier molecular flexibility index (Phi) is 28.2. The first-order valence-electron chi connectivity index (χ1n) is 5.45. The van der Waals surface area contributed by atoms with E-state index >= 15 is 0 Å². The third kappa shape index (κ3) is 112. The average Bonchev–Trinajstić information content (AvgIpc) is 2.20. The summed E-state index contributed by atoms with van der Waals surface area (Å²) >= 11 is 0. The van der Waals surface area contributed by atoms with Crippen molar-refractivity contribution in [2.24, 2.45) is 0 Å². The zero-order valence-corrected chi connectivity index (χ0v) is 17.4. The summed E-state index contributed by atoms with van der Waals surface area (Å²) in [6.07, 6.45) is -2.42. The van der Waals surface area contributed by atoms with Crippen LogP contribution in [0.25, 0.3) is 0 Å². The average molecular weight is 448 g/mol. The smallest absolute Gasteiger partial charge is 0.756 e. The second-order valence-corrected chi connectivity index (χ2v) is 4.36. The number of aliphatic carboxylic acids is 6. The topological polar surface area (TPSA) is 304 Å². The predicted octanol–water partition coefficient (Wildman–Crippen LogP) is -5.92. The van der Waals surface area contributed by atoms with Crippen LogP contribution in [0.1, 0.15) is 19.3 Å². The molecule has 152 valence electrons. The van der Waals surface area contributed by atoms with E-state index in [-0.39, 0.29) is 51.4 Å². The maximum Gasteiger partial charge on any atom is 1.00 e. The van der Waals surface area contributed by atoms with Crippen molar-refractivity contribution >= 4 is 43.6 Å². The van der Waals surface area contributed by atoms with Crippen molar-refractivity contribution in [3.05, 3.63) is 0 Å². The quantitative estimate of drug-likeness (QED) is 0.106. The Bertz CT molecular complexity index is 444. The Morgan fingerprint density at radius 3 is 0.630 bits per heavy atom. The van der Waals surface area contributed by atoms with E-state index in [2.05, 4.69) is 0 Å². The Balaban J connectivity index is -0.0000000793. The summed E-state index contributed by atoms with van der Waals surface area (Å²) < 4.78 is 8.77. The molecule has 0 aliphatic rings. The number of rotatable bonds is 6. The summed E-state index contributed by atoms with van der Waals surface area (Å²) in [4.78, 5) is 79.5. The van der Waals surface area contributed by atoms with Gasteiger partial charge in [-0.25, -0.2) is 0 Å². The van der Waals surface area contributed by atoms with Crippen molar-refractivity contribution < 1.29 is 130 Å². The monoisotopic (exact) mass is 448 g/mol. The third-order valence-corrected chi connectivity index (χ3v) is 0.907. The molecule has 0 saturated carbocycles. The molecule has 16 nitrogen and oxygen atoms in total. The van der Waals surface area contributed by atoms with Gasteiger partial charge >= 0.3 is 87.2 Å². The van der Waals surface area contributed by atoms with E-state index in [1.54, 1.807) is 0 Å². The van der Waals surface area contributed by atoms with Gasteiger partial charge in [-0.05, 0) is 0 Å². The molecule has 27 heavy (non-hydrogen) atoms. The van der Waals surface area contributed by atoms with Crippen molar-refractivity contribution in [2.75, 3.05) is 0 Å². The first-order valence-corrected chi connectivity index (χ1v) is 6.98. The van der Waals surface area contributed by atoms with Crippen molar-refractivity contribution in [2.45, 2.75) is 19.3 Å². The van der Waals surface area contributed by atoms with Crippen molar-refractivity contribution in [1.82, 2.24) is 0 Å². The summed E-state index contributed by atoms with van der Waals surface area (Å²) in [6, 6.07) is 0. The van der Waals surface area contributed by atoms with E-state index in [4.69, 9.17) is 49.9 Å². The van der Waals surface area contributed by atoms with E-state index in [1.807, 2.05) is 0 Å². The number of phosphoric acid groups is 1. The Morgan fingerprint density at radius 1 is 0.556 bits per heavy atom. The molecule has 0 saturated heterocycles. The van der Waals surface area contributed by atoms with E-state index in [9.17, 15) is 28.8 Å². The first-order chi connectivity index (χ1) is 11.4. The van der Waals surface area contributed by atoms with Gasteiger partial charge in [0.25, 0.3) is 7.82 Å². The van der Waals surface area contributed by atoms with Crippen molar-refractivity contribution in [3.63, 3.8) is 0 Å². The van der Waals surface area contributed by atoms with Gasteiger partial charge in [-0.3, -0.25) is 33.3 Å². The van der Waals surface area contributed by atoms with E-state index in [0.29, 0.717) is 0 Å². The number of hydrogen-bond donors (Lipinski definition) is 8. The minimum absolute atomic E-state index is 0. The van der Waals surface area contributed by atoms with E-state index < -0.39 is 62.9 Å². The van der Waals surface area contributed by atoms with Crippen LogP contribution in [-0.4, -0.2) is 76.2 Å². The van der Waals surface area contributed by atoms with Gasteiger partial charge in [0, 0.05) is 0 Å². The molecule has 0 unspecified atom stereocenters. The molecule has 0 rings (SSSR count). The number of carboxylic acids is 6. The maximum atomic E-state index is 9.43. The molecular weight excluding hydrogens is 434 g/mol. The Labute approximate surface area is 191 Å². The summed E-state index contributed by atoms with van der Waals surface area (Å²) in [5.74, 6) is -7.88. The standard InChI is InChI=1S/3C3H4O4.K.H3O4P/c3*4-2(5)1-3(6)7;;1-5(2,3)4/h3*1H2,(H,4,5)(H,6,7);;(H3,1,2,3,4)/q;;;+1;/p-1. The number of carboxylic acid groups (broad SMARTS) is 6. The van der Waals surface area contributed by atoms with Gasteiger partial charge in [0.05, 0.1) is 0 Å². The molecule has 0 aromatic carbocycles. The molecule has 8 N–H and O–H groups in total. The minimum atomic E-state index is -4.89. The van der Waals surface area contributed by atoms with Gasteiger partial charge in [0.1, 0.15) is 19.3 Å². The predicted molar refractivity (Wildman–Crippen MR) is 71.7 cm³/mol. The second kappa shape index (κ2) is 20.9. The van der Waals surface area contributed by atoms with Gasteiger partial charge in [0.2, 0.25) is 0 Å². The van der Waals surface area contributed by atoms with Crippen molar-refractivity contribution in [3.8, 4) is 0 Å². The van der Waals surface area contributed by atoms with E-state index in [0.717, 1.165) is 0 Å². The van der Waals surface area contributed by atoms with Crippen LogP contribution >= 0.6 is 7.82 Å². The molecule has 0 spiro atoms. The summed E-state index contributed by atoms with van der Waals surface area (Å²) in [6.45, 7) is 0. The van der Waals surface area contributed by atoms with Crippen molar-refractivity contribution in [1.29, 1.82) is 0 Å². The number of carbonyl (C=O) groups is 6. The SMILES string of the molecule is O=C(O)CC(=O)O.O=C(O)CC(=O)O.O=C(O)CC(=O)O.O=P([O-])(O)O.[K+]. The van der Waals surface area contributed by atoms with Crippen LogP contribution in [0.3, 0.4) is 0 Å². The minimum Gasteiger partial charge on any atom is -0.756 e. The normalized spacial score (nSPS) is 8.41. The molecule has 0 radical (unpaired) electrons. The summed E-state index contributed by atoms with van der Waals surface area (Å²) in [5.41, 5.74) is 0. The molecule has 0 atom stereocenters. The largest absolute Gasteiger partial charge is 1.00 e. The van der Waals surface area contributed by atoms with Gasteiger partial charge in [-0.1, -0.05) is 0 Å². The summed E-state index contributed by atoms with van der Waals surface area (Å²) in [7, 11) is -4.89. The van der Waals surface area contributed by atoms with Crippen LogP contribution in [0.15, 0.2) is 0 Å². The van der Waals surface area contributed by atoms with Crippen LogP contribution in [0.2, 0.25) is 0 Å². The zero-order valence-electron chi connectivity index (χ0n) is 13.4. The molecule has 0 aliphatic heterocycles. The van der Waals surface area contributed by atoms with Crippen LogP contribution in [0.4, 0.5) is 0 Å². The van der Waals surface area contributed by atoms with Crippen LogP contribution < -0.4 is 56.3 Å². The zero-order chi connectivity index (χ0) is 22.1. The molecule has 0 bridgehead atoms. The third-order valence-electron chi connectivity index (χ3n) is 0.907. The van der Waals surface area contributed by atoms with Gasteiger partial charge in [-0.15, -0.1) is 0 Å². The van der Waals surface area contributed by atoms with Crippen LogP contribution in [0.5, 0.6) is 0 Å². The first kappa shape index (κ1) is 36.5. The second-order valence-electron chi connectivity index (χ2n) is 3.38. The fourth-order valence-corrected chi connectivity index (χ4v) is 0.388. The van der Waals surface area contributed by atoms with E-state index in [1.165, 1.54) is 0 Å². The van der Waals surface area contributed by atoms with Gasteiger partial charge in [0.15, 0.2) is 0 Å². The molecule has 0 aliphatic carbocycles. The maximum absolute atomic E-state index is 9.43. The molecular formula is C9H14KO16P. The van der Waals surface area contributed by atoms with Gasteiger partial charge in [-0.2, -0.15) is 0 Å². The fraction of sp³-hybridized carbons (Fsp3) is 0.333. The van der Waals surface area contributed by atoms with Gasteiger partial charge < -0.3 is 45.3 Å².